The quantitative estimate of drug-likeness (QED) is 0.0262. The Morgan fingerprint density at radius 3 is 0.971 bits per heavy atom. The lowest BCUT2D eigenvalue weighted by atomic mass is 10.0. The molecule has 0 spiro atoms. The maximum absolute atomic E-state index is 12.9. The lowest BCUT2D eigenvalue weighted by Gasteiger charge is -2.18. The van der Waals surface area contributed by atoms with Crippen LogP contribution in [0.3, 0.4) is 0 Å². The van der Waals surface area contributed by atoms with Gasteiger partial charge in [-0.2, -0.15) is 0 Å². The van der Waals surface area contributed by atoms with Gasteiger partial charge in [0.2, 0.25) is 0 Å². The zero-order chi connectivity index (χ0) is 50.0. The Bertz CT molecular complexity index is 1330. The van der Waals surface area contributed by atoms with E-state index in [0.29, 0.717) is 19.3 Å². The average Bonchev–Trinajstić information content (AvgIpc) is 3.35. The van der Waals surface area contributed by atoms with Crippen molar-refractivity contribution >= 4 is 17.9 Å². The summed E-state index contributed by atoms with van der Waals surface area (Å²) in [5, 5.41) is 0. The molecule has 0 aromatic carbocycles. The molecule has 0 rings (SSSR count). The first-order chi connectivity index (χ1) is 34.0. The monoisotopic (exact) mass is 961 g/mol. The summed E-state index contributed by atoms with van der Waals surface area (Å²) >= 11 is 0. The zero-order valence-corrected chi connectivity index (χ0v) is 45.3. The molecule has 0 amide bonds. The Labute approximate surface area is 426 Å². The number of hydrogen-bond acceptors (Lipinski definition) is 6. The highest BCUT2D eigenvalue weighted by molar-refractivity contribution is 5.71. The fraction of sp³-hybridized carbons (Fsp3) is 0.730. The van der Waals surface area contributed by atoms with E-state index >= 15 is 0 Å². The van der Waals surface area contributed by atoms with E-state index in [0.717, 1.165) is 83.5 Å². The molecule has 0 aliphatic carbocycles. The Morgan fingerprint density at radius 1 is 0.304 bits per heavy atom. The van der Waals surface area contributed by atoms with Gasteiger partial charge in [0.15, 0.2) is 6.10 Å². The highest BCUT2D eigenvalue weighted by atomic mass is 16.6. The predicted molar refractivity (Wildman–Crippen MR) is 297 cm³/mol. The van der Waals surface area contributed by atoms with Gasteiger partial charge in [0.05, 0.1) is 0 Å². The summed E-state index contributed by atoms with van der Waals surface area (Å²) in [5.74, 6) is -0.989. The summed E-state index contributed by atoms with van der Waals surface area (Å²) in [6, 6.07) is 0. The van der Waals surface area contributed by atoms with E-state index in [9.17, 15) is 14.4 Å². The Morgan fingerprint density at radius 2 is 0.594 bits per heavy atom. The fourth-order valence-corrected chi connectivity index (χ4v) is 8.05. The van der Waals surface area contributed by atoms with E-state index in [1.807, 2.05) is 6.08 Å². The summed E-state index contributed by atoms with van der Waals surface area (Å²) < 4.78 is 16.8. The van der Waals surface area contributed by atoms with E-state index in [4.69, 9.17) is 14.2 Å². The minimum absolute atomic E-state index is 0.102. The summed E-state index contributed by atoms with van der Waals surface area (Å²) in [7, 11) is 0. The van der Waals surface area contributed by atoms with Gasteiger partial charge in [-0.05, 0) is 83.5 Å². The average molecular weight is 962 g/mol. The smallest absolute Gasteiger partial charge is 0.306 e. The van der Waals surface area contributed by atoms with Crippen LogP contribution in [0.15, 0.2) is 85.1 Å². The van der Waals surface area contributed by atoms with Gasteiger partial charge in [0, 0.05) is 19.3 Å². The standard InChI is InChI=1S/C63H108O6/c1-4-7-10-13-16-19-22-25-28-30-32-34-35-38-41-44-47-50-53-56-62(65)68-59-60(58-67-61(64)55-52-49-46-43-40-37-27-24-21-18-15-12-9-6-3)69-63(66)57-54-51-48-45-42-39-36-33-31-29-26-23-20-17-14-11-8-5-2/h7,10,16,19,24-25,27-28,32,34,38,41,47,50,60H,4-6,8-9,11-15,17-18,20-23,26,29-31,33,35-37,39-40,42-46,48-49,51-59H2,1-3H3/b10-7-,19-16-,27-24-,28-25-,34-32-,41-38-,50-47-. The van der Waals surface area contributed by atoms with E-state index in [2.05, 4.69) is 99.8 Å². The van der Waals surface area contributed by atoms with Crippen molar-refractivity contribution in [1.82, 2.24) is 0 Å². The van der Waals surface area contributed by atoms with Crippen molar-refractivity contribution in [3.05, 3.63) is 85.1 Å². The van der Waals surface area contributed by atoms with Gasteiger partial charge in [-0.3, -0.25) is 14.4 Å². The van der Waals surface area contributed by atoms with Crippen LogP contribution in [0.2, 0.25) is 0 Å². The highest BCUT2D eigenvalue weighted by Gasteiger charge is 2.19. The first-order valence-corrected chi connectivity index (χ1v) is 29.1. The highest BCUT2D eigenvalue weighted by Crippen LogP contribution is 2.16. The number of rotatable bonds is 52. The molecule has 396 valence electrons. The molecule has 6 nitrogen and oxygen atoms in total. The Hall–Kier alpha value is -3.41. The first kappa shape index (κ1) is 65.6. The molecule has 0 N–H and O–H groups in total. The van der Waals surface area contributed by atoms with Crippen LogP contribution >= 0.6 is 0 Å². The topological polar surface area (TPSA) is 78.9 Å². The molecule has 6 heteroatoms. The molecule has 0 aliphatic heterocycles. The van der Waals surface area contributed by atoms with Gasteiger partial charge in [0.1, 0.15) is 13.2 Å². The van der Waals surface area contributed by atoms with Crippen LogP contribution in [0, 0.1) is 0 Å². The molecule has 0 aromatic heterocycles. The molecule has 0 saturated carbocycles. The van der Waals surface area contributed by atoms with Crippen molar-refractivity contribution in [1.29, 1.82) is 0 Å². The number of unbranched alkanes of at least 4 members (excludes halogenated alkanes) is 27. The Balaban J connectivity index is 4.48. The summed E-state index contributed by atoms with van der Waals surface area (Å²) in [6.07, 6.45) is 74.4. The van der Waals surface area contributed by atoms with Crippen molar-refractivity contribution in [2.24, 2.45) is 0 Å². The number of allylic oxidation sites excluding steroid dienone is 14. The van der Waals surface area contributed by atoms with Crippen LogP contribution in [0.4, 0.5) is 0 Å². The van der Waals surface area contributed by atoms with Crippen LogP contribution in [-0.4, -0.2) is 37.2 Å². The molecule has 0 saturated heterocycles. The predicted octanol–water partition coefficient (Wildman–Crippen LogP) is 19.5. The first-order valence-electron chi connectivity index (χ1n) is 29.1. The van der Waals surface area contributed by atoms with Crippen LogP contribution in [0.5, 0.6) is 0 Å². The molecule has 0 heterocycles. The van der Waals surface area contributed by atoms with Crippen molar-refractivity contribution < 1.29 is 28.6 Å². The molecule has 0 bridgehead atoms. The normalized spacial score (nSPS) is 12.7. The second-order valence-corrected chi connectivity index (χ2v) is 19.2. The van der Waals surface area contributed by atoms with E-state index in [-0.39, 0.29) is 37.5 Å². The molecule has 1 atom stereocenters. The number of ether oxygens (including phenoxy) is 3. The van der Waals surface area contributed by atoms with Gasteiger partial charge >= 0.3 is 17.9 Å². The number of carbonyl (C=O) groups is 3. The lowest BCUT2D eigenvalue weighted by molar-refractivity contribution is -0.166. The fourth-order valence-electron chi connectivity index (χ4n) is 8.05. The van der Waals surface area contributed by atoms with Gasteiger partial charge in [-0.25, -0.2) is 0 Å². The lowest BCUT2D eigenvalue weighted by Crippen LogP contribution is -2.30. The number of esters is 3. The van der Waals surface area contributed by atoms with E-state index in [1.54, 1.807) is 0 Å². The van der Waals surface area contributed by atoms with Gasteiger partial charge in [-0.1, -0.05) is 260 Å². The largest absolute Gasteiger partial charge is 0.462 e. The van der Waals surface area contributed by atoms with Crippen LogP contribution in [0.25, 0.3) is 0 Å². The third kappa shape index (κ3) is 55.4. The van der Waals surface area contributed by atoms with E-state index in [1.165, 1.54) is 148 Å². The minimum Gasteiger partial charge on any atom is -0.462 e. The van der Waals surface area contributed by atoms with Crippen LogP contribution in [0.1, 0.15) is 278 Å². The van der Waals surface area contributed by atoms with E-state index < -0.39 is 6.10 Å². The Kier molecular flexibility index (Phi) is 54.3. The third-order valence-corrected chi connectivity index (χ3v) is 12.4. The molecular weight excluding hydrogens is 853 g/mol. The zero-order valence-electron chi connectivity index (χ0n) is 45.3. The SMILES string of the molecule is CC/C=C\C/C=C\C/C=C\C/C=C\C/C=C\C/C=C\CCC(=O)OCC(COC(=O)CCCCCCC/C=C\CCCCCCC)OC(=O)CCCCCCCCCCCCCCCCCCCC. The molecule has 69 heavy (non-hydrogen) atoms. The van der Waals surface area contributed by atoms with Crippen molar-refractivity contribution in [3.8, 4) is 0 Å². The van der Waals surface area contributed by atoms with Crippen LogP contribution < -0.4 is 0 Å². The molecule has 0 aliphatic rings. The molecule has 0 fully saturated rings. The molecule has 0 radical (unpaired) electrons. The van der Waals surface area contributed by atoms with Crippen molar-refractivity contribution in [2.45, 2.75) is 284 Å². The van der Waals surface area contributed by atoms with Gasteiger partial charge in [0.25, 0.3) is 0 Å². The second kappa shape index (κ2) is 57.2. The second-order valence-electron chi connectivity index (χ2n) is 19.2. The van der Waals surface area contributed by atoms with Crippen molar-refractivity contribution in [2.75, 3.05) is 13.2 Å². The molecule has 1 unspecified atom stereocenters. The third-order valence-electron chi connectivity index (χ3n) is 12.4. The molecule has 0 aromatic rings. The minimum atomic E-state index is -0.809. The maximum Gasteiger partial charge on any atom is 0.306 e. The summed E-state index contributed by atoms with van der Waals surface area (Å²) in [6.45, 7) is 6.47. The number of hydrogen-bond donors (Lipinski definition) is 0. The van der Waals surface area contributed by atoms with Gasteiger partial charge in [-0.15, -0.1) is 0 Å². The van der Waals surface area contributed by atoms with Crippen LogP contribution in [-0.2, 0) is 28.6 Å². The summed E-state index contributed by atoms with van der Waals surface area (Å²) in [5.41, 5.74) is 0. The van der Waals surface area contributed by atoms with Gasteiger partial charge < -0.3 is 14.2 Å². The maximum atomic E-state index is 12.9. The number of carbonyl (C=O) groups excluding carboxylic acids is 3. The molecular formula is C63H108O6. The summed E-state index contributed by atoms with van der Waals surface area (Å²) in [4.78, 5) is 38.1. The van der Waals surface area contributed by atoms with Crippen molar-refractivity contribution in [3.63, 3.8) is 0 Å².